The Kier molecular flexibility index (Phi) is 10.2. The molecule has 0 radical (unpaired) electrons. The van der Waals surface area contributed by atoms with Crippen LogP contribution in [0.25, 0.3) is 0 Å². The van der Waals surface area contributed by atoms with Crippen LogP contribution in [-0.2, 0) is 32.6 Å². The molecule has 1 saturated carbocycles. The van der Waals surface area contributed by atoms with Crippen LogP contribution in [0.1, 0.15) is 43.2 Å². The molecule has 0 unspecified atom stereocenters. The first-order valence-electron chi connectivity index (χ1n) is 14.5. The van der Waals surface area contributed by atoms with Gasteiger partial charge in [0.1, 0.15) is 12.6 Å². The zero-order valence-electron chi connectivity index (χ0n) is 24.4. The van der Waals surface area contributed by atoms with Crippen LogP contribution in [0.15, 0.2) is 66.7 Å². The number of amides is 2. The number of nitrogens with zero attached hydrogens (tertiary/aromatic N) is 2. The van der Waals surface area contributed by atoms with E-state index in [0.29, 0.717) is 27.1 Å². The number of anilines is 1. The standard InChI is InChI=1S/C32H35Cl2N3O6S/c1-44(40,41)37(26-14-15-29-30(18-26)43-21-42-29)20-31(38)36(19-23-12-13-24(33)17-27(23)34)28(16-22-8-4-2-5-9-22)32(39)35-25-10-6-3-7-11-25/h2,4-5,8-9,12-15,17-18,25,28H,3,6-7,10-11,16,19-21H2,1H3,(H,35,39)/t28-/m0/s1. The van der Waals surface area contributed by atoms with Crippen molar-refractivity contribution in [3.05, 3.63) is 87.9 Å². The third kappa shape index (κ3) is 7.97. The number of sulfonamides is 1. The summed E-state index contributed by atoms with van der Waals surface area (Å²) < 4.78 is 38.0. The number of hydrogen-bond acceptors (Lipinski definition) is 6. The Morgan fingerprint density at radius 1 is 0.955 bits per heavy atom. The van der Waals surface area contributed by atoms with Gasteiger partial charge < -0.3 is 19.7 Å². The van der Waals surface area contributed by atoms with Crippen LogP contribution in [0.3, 0.4) is 0 Å². The first kappa shape index (κ1) is 31.9. The highest BCUT2D eigenvalue weighted by atomic mass is 35.5. The number of carbonyl (C=O) groups is 2. The van der Waals surface area contributed by atoms with Crippen LogP contribution in [0.4, 0.5) is 5.69 Å². The van der Waals surface area contributed by atoms with E-state index < -0.39 is 28.5 Å². The molecule has 5 rings (SSSR count). The van der Waals surface area contributed by atoms with Crippen LogP contribution < -0.4 is 19.1 Å². The molecule has 3 aromatic rings. The second-order valence-corrected chi connectivity index (χ2v) is 13.9. The fraction of sp³-hybridized carbons (Fsp3) is 0.375. The highest BCUT2D eigenvalue weighted by molar-refractivity contribution is 7.92. The molecule has 12 heteroatoms. The van der Waals surface area contributed by atoms with Gasteiger partial charge in [0, 0.05) is 35.1 Å². The smallest absolute Gasteiger partial charge is 0.244 e. The first-order chi connectivity index (χ1) is 21.1. The molecule has 1 atom stereocenters. The maximum absolute atomic E-state index is 14.3. The van der Waals surface area contributed by atoms with Crippen molar-refractivity contribution in [1.29, 1.82) is 0 Å². The second-order valence-electron chi connectivity index (χ2n) is 11.1. The predicted molar refractivity (Wildman–Crippen MR) is 171 cm³/mol. The van der Waals surface area contributed by atoms with Gasteiger partial charge in [-0.2, -0.15) is 0 Å². The Bertz CT molecular complexity index is 1600. The summed E-state index contributed by atoms with van der Waals surface area (Å²) in [7, 11) is -3.93. The minimum Gasteiger partial charge on any atom is -0.454 e. The van der Waals surface area contributed by atoms with Gasteiger partial charge in [-0.15, -0.1) is 0 Å². The molecule has 0 aromatic heterocycles. The summed E-state index contributed by atoms with van der Waals surface area (Å²) in [5, 5.41) is 3.94. The molecule has 2 amide bonds. The van der Waals surface area contributed by atoms with E-state index >= 15 is 0 Å². The summed E-state index contributed by atoms with van der Waals surface area (Å²) in [6, 6.07) is 18.1. The molecule has 0 saturated heterocycles. The Morgan fingerprint density at radius 2 is 1.68 bits per heavy atom. The lowest BCUT2D eigenvalue weighted by molar-refractivity contribution is -0.140. The lowest BCUT2D eigenvalue weighted by Gasteiger charge is -2.35. The number of nitrogens with one attached hydrogen (secondary N) is 1. The number of halogens is 2. The van der Waals surface area contributed by atoms with Gasteiger partial charge in [0.2, 0.25) is 28.6 Å². The largest absolute Gasteiger partial charge is 0.454 e. The number of rotatable bonds is 11. The topological polar surface area (TPSA) is 105 Å². The molecule has 0 spiro atoms. The third-order valence-electron chi connectivity index (χ3n) is 7.90. The van der Waals surface area contributed by atoms with E-state index in [2.05, 4.69) is 5.32 Å². The zero-order valence-corrected chi connectivity index (χ0v) is 26.7. The normalized spacial score (nSPS) is 15.4. The van der Waals surface area contributed by atoms with E-state index in [0.717, 1.165) is 48.2 Å². The van der Waals surface area contributed by atoms with E-state index in [1.54, 1.807) is 30.3 Å². The SMILES string of the molecule is CS(=O)(=O)N(CC(=O)N(Cc1ccc(Cl)cc1Cl)[C@@H](Cc1ccccc1)C(=O)NC1CCCCC1)c1ccc2c(c1)OCO2. The summed E-state index contributed by atoms with van der Waals surface area (Å²) in [5.74, 6) is -0.0101. The molecule has 1 aliphatic heterocycles. The highest BCUT2D eigenvalue weighted by Gasteiger charge is 2.34. The number of fused-ring (bicyclic) bond motifs is 1. The molecule has 1 aliphatic carbocycles. The van der Waals surface area contributed by atoms with Crippen molar-refractivity contribution in [3.8, 4) is 11.5 Å². The van der Waals surface area contributed by atoms with Gasteiger partial charge in [0.25, 0.3) is 0 Å². The number of ether oxygens (including phenoxy) is 2. The van der Waals surface area contributed by atoms with E-state index in [1.807, 2.05) is 30.3 Å². The summed E-state index contributed by atoms with van der Waals surface area (Å²) in [6.07, 6.45) is 6.16. The van der Waals surface area contributed by atoms with Crippen molar-refractivity contribution < 1.29 is 27.5 Å². The fourth-order valence-electron chi connectivity index (χ4n) is 5.59. The quantitative estimate of drug-likeness (QED) is 0.288. The Balaban J connectivity index is 1.52. The summed E-state index contributed by atoms with van der Waals surface area (Å²) >= 11 is 12.7. The van der Waals surface area contributed by atoms with Gasteiger partial charge in [-0.3, -0.25) is 13.9 Å². The summed E-state index contributed by atoms with van der Waals surface area (Å²) in [4.78, 5) is 29.8. The Hall–Kier alpha value is -3.47. The molecular formula is C32H35Cl2N3O6S. The van der Waals surface area contributed by atoms with E-state index in [1.165, 1.54) is 11.0 Å². The van der Waals surface area contributed by atoms with E-state index in [9.17, 15) is 18.0 Å². The van der Waals surface area contributed by atoms with Crippen molar-refractivity contribution in [2.75, 3.05) is 23.9 Å². The van der Waals surface area contributed by atoms with Crippen molar-refractivity contribution in [1.82, 2.24) is 10.2 Å². The fourth-order valence-corrected chi connectivity index (χ4v) is 6.90. The minimum absolute atomic E-state index is 0.00625. The highest BCUT2D eigenvalue weighted by Crippen LogP contribution is 2.36. The van der Waals surface area contributed by atoms with Crippen LogP contribution in [0.5, 0.6) is 11.5 Å². The molecule has 9 nitrogen and oxygen atoms in total. The van der Waals surface area contributed by atoms with Crippen LogP contribution in [0.2, 0.25) is 10.0 Å². The van der Waals surface area contributed by atoms with Gasteiger partial charge in [0.15, 0.2) is 11.5 Å². The summed E-state index contributed by atoms with van der Waals surface area (Å²) in [5.41, 5.74) is 1.66. The molecule has 44 heavy (non-hydrogen) atoms. The number of hydrogen-bond donors (Lipinski definition) is 1. The Labute approximate surface area is 268 Å². The van der Waals surface area contributed by atoms with Crippen molar-refractivity contribution in [2.45, 2.75) is 57.2 Å². The second kappa shape index (κ2) is 14.1. The molecule has 1 fully saturated rings. The monoisotopic (exact) mass is 659 g/mol. The lowest BCUT2D eigenvalue weighted by Crippen LogP contribution is -2.55. The van der Waals surface area contributed by atoms with Gasteiger partial charge in [-0.05, 0) is 48.2 Å². The van der Waals surface area contributed by atoms with Gasteiger partial charge >= 0.3 is 0 Å². The van der Waals surface area contributed by atoms with Crippen LogP contribution in [0, 0.1) is 0 Å². The van der Waals surface area contributed by atoms with E-state index in [-0.39, 0.29) is 37.4 Å². The number of benzene rings is 3. The third-order valence-corrected chi connectivity index (χ3v) is 9.63. The van der Waals surface area contributed by atoms with Crippen LogP contribution in [-0.4, -0.2) is 56.8 Å². The van der Waals surface area contributed by atoms with Gasteiger partial charge in [0.05, 0.1) is 11.9 Å². The van der Waals surface area contributed by atoms with Crippen molar-refractivity contribution in [3.63, 3.8) is 0 Å². The van der Waals surface area contributed by atoms with Gasteiger partial charge in [-0.1, -0.05) is 78.9 Å². The first-order valence-corrected chi connectivity index (χ1v) is 17.1. The average Bonchev–Trinajstić information content (AvgIpc) is 3.47. The van der Waals surface area contributed by atoms with Gasteiger partial charge in [-0.25, -0.2) is 8.42 Å². The number of carbonyl (C=O) groups excluding carboxylic acids is 2. The van der Waals surface area contributed by atoms with Crippen molar-refractivity contribution >= 4 is 50.7 Å². The maximum Gasteiger partial charge on any atom is 0.244 e. The summed E-state index contributed by atoms with van der Waals surface area (Å²) in [6.45, 7) is -0.571. The molecule has 2 aliphatic rings. The minimum atomic E-state index is -3.93. The molecular weight excluding hydrogens is 625 g/mol. The molecule has 1 heterocycles. The molecule has 234 valence electrons. The predicted octanol–water partition coefficient (Wildman–Crippen LogP) is 5.58. The maximum atomic E-state index is 14.3. The Morgan fingerprint density at radius 3 is 2.39 bits per heavy atom. The molecule has 1 N–H and O–H groups in total. The van der Waals surface area contributed by atoms with E-state index in [4.69, 9.17) is 32.7 Å². The average molecular weight is 661 g/mol. The lowest BCUT2D eigenvalue weighted by atomic mass is 9.94. The zero-order chi connectivity index (χ0) is 31.3. The van der Waals surface area contributed by atoms with Crippen LogP contribution >= 0.6 is 23.2 Å². The molecule has 3 aromatic carbocycles. The van der Waals surface area contributed by atoms with Crippen molar-refractivity contribution in [2.24, 2.45) is 0 Å². The molecule has 0 bridgehead atoms.